The zero-order valence-corrected chi connectivity index (χ0v) is 8.85. The fraction of sp³-hybridized carbons (Fsp3) is 0.167. The van der Waals surface area contributed by atoms with Crippen molar-refractivity contribution in [2.24, 2.45) is 0 Å². The lowest BCUT2D eigenvalue weighted by atomic mass is 10.1. The largest absolute Gasteiger partial charge is 0.480 e. The van der Waals surface area contributed by atoms with Crippen LogP contribution in [-0.4, -0.2) is 17.3 Å². The molecule has 2 rings (SSSR count). The maximum absolute atomic E-state index is 13.3. The van der Waals surface area contributed by atoms with Gasteiger partial charge in [-0.3, -0.25) is 0 Å². The normalized spacial score (nSPS) is 10.1. The van der Waals surface area contributed by atoms with Gasteiger partial charge in [0.05, 0.1) is 12.8 Å². The molecule has 0 aliphatic carbocycles. The first kappa shape index (κ1) is 10.5. The Balaban J connectivity index is 2.18. The molecule has 0 bridgehead atoms. The molecule has 4 heteroatoms. The molecular weight excluding hydrogens is 207 g/mol. The second-order valence-electron chi connectivity index (χ2n) is 3.34. The molecule has 2 aromatic rings. The van der Waals surface area contributed by atoms with Crippen LogP contribution in [0.15, 0.2) is 36.4 Å². The fourth-order valence-corrected chi connectivity index (χ4v) is 1.39. The minimum Gasteiger partial charge on any atom is -0.480 e. The summed E-state index contributed by atoms with van der Waals surface area (Å²) >= 11 is 0. The summed E-state index contributed by atoms with van der Waals surface area (Å²) < 4.78 is 18.2. The van der Waals surface area contributed by atoms with Gasteiger partial charge in [0.2, 0.25) is 5.88 Å². The number of rotatable bonds is 3. The van der Waals surface area contributed by atoms with Gasteiger partial charge in [-0.1, -0.05) is 18.2 Å². The molecule has 0 unspecified atom stereocenters. The molecule has 0 saturated carbocycles. The van der Waals surface area contributed by atoms with Crippen LogP contribution in [0.4, 0.5) is 4.39 Å². The topological polar surface area (TPSA) is 35.0 Å². The summed E-state index contributed by atoms with van der Waals surface area (Å²) in [6.45, 7) is 0. The molecule has 0 saturated heterocycles. The van der Waals surface area contributed by atoms with Crippen molar-refractivity contribution in [3.05, 3.63) is 53.5 Å². The van der Waals surface area contributed by atoms with E-state index in [1.165, 1.54) is 13.2 Å². The lowest BCUT2D eigenvalue weighted by Crippen LogP contribution is -1.98. The third-order valence-corrected chi connectivity index (χ3v) is 2.23. The predicted octanol–water partition coefficient (Wildman–Crippen LogP) is 2.22. The summed E-state index contributed by atoms with van der Waals surface area (Å²) in [5.41, 5.74) is 1.33. The molecule has 0 aliphatic rings. The lowest BCUT2D eigenvalue weighted by Gasteiger charge is -2.02. The number of nitrogens with zero attached hydrogens (tertiary/aromatic N) is 2. The van der Waals surface area contributed by atoms with Gasteiger partial charge in [-0.25, -0.2) is 4.39 Å². The van der Waals surface area contributed by atoms with Crippen LogP contribution >= 0.6 is 0 Å². The molecule has 0 radical (unpaired) electrons. The molecule has 1 heterocycles. The minimum atomic E-state index is -0.222. The van der Waals surface area contributed by atoms with Crippen molar-refractivity contribution in [3.8, 4) is 5.88 Å². The highest BCUT2D eigenvalue weighted by Gasteiger charge is 2.03. The smallest absolute Gasteiger partial charge is 0.233 e. The standard InChI is InChI=1S/C12H11FN2O/c1-16-12-7-6-10(14-15-12)8-9-4-2-3-5-11(9)13/h2-7H,8H2,1H3. The van der Waals surface area contributed by atoms with Crippen LogP contribution in [0.1, 0.15) is 11.3 Å². The van der Waals surface area contributed by atoms with E-state index >= 15 is 0 Å². The fourth-order valence-electron chi connectivity index (χ4n) is 1.39. The van der Waals surface area contributed by atoms with Gasteiger partial charge in [0, 0.05) is 12.5 Å². The number of ether oxygens (including phenoxy) is 1. The van der Waals surface area contributed by atoms with Gasteiger partial charge in [-0.2, -0.15) is 5.10 Å². The Labute approximate surface area is 92.9 Å². The van der Waals surface area contributed by atoms with Gasteiger partial charge < -0.3 is 4.74 Å². The summed E-state index contributed by atoms with van der Waals surface area (Å²) in [7, 11) is 1.53. The average Bonchev–Trinajstić information content (AvgIpc) is 2.33. The van der Waals surface area contributed by atoms with Gasteiger partial charge in [0.25, 0.3) is 0 Å². The first-order chi connectivity index (χ1) is 7.79. The number of hydrogen-bond acceptors (Lipinski definition) is 3. The summed E-state index contributed by atoms with van der Waals surface area (Å²) in [4.78, 5) is 0. The summed E-state index contributed by atoms with van der Waals surface area (Å²) in [6.07, 6.45) is 0.434. The number of methoxy groups -OCH3 is 1. The second-order valence-corrected chi connectivity index (χ2v) is 3.34. The molecule has 0 spiro atoms. The maximum Gasteiger partial charge on any atom is 0.233 e. The van der Waals surface area contributed by atoms with Crippen molar-refractivity contribution in [2.45, 2.75) is 6.42 Å². The van der Waals surface area contributed by atoms with E-state index in [0.717, 1.165) is 0 Å². The second kappa shape index (κ2) is 4.70. The van der Waals surface area contributed by atoms with Crippen LogP contribution in [0.3, 0.4) is 0 Å². The van der Waals surface area contributed by atoms with Crippen LogP contribution in [0.2, 0.25) is 0 Å². The van der Waals surface area contributed by atoms with E-state index in [0.29, 0.717) is 23.6 Å². The molecule has 82 valence electrons. The first-order valence-electron chi connectivity index (χ1n) is 4.89. The maximum atomic E-state index is 13.3. The molecule has 0 fully saturated rings. The molecular formula is C12H11FN2O. The number of halogens is 1. The molecule has 0 N–H and O–H groups in total. The SMILES string of the molecule is COc1ccc(Cc2ccccc2F)nn1. The van der Waals surface area contributed by atoms with Gasteiger partial charge >= 0.3 is 0 Å². The van der Waals surface area contributed by atoms with E-state index < -0.39 is 0 Å². The summed E-state index contributed by atoms with van der Waals surface area (Å²) in [5.74, 6) is 0.234. The molecule has 0 amide bonds. The molecule has 1 aromatic carbocycles. The summed E-state index contributed by atoms with van der Waals surface area (Å²) in [5, 5.41) is 7.77. The average molecular weight is 218 g/mol. The molecule has 1 aromatic heterocycles. The highest BCUT2D eigenvalue weighted by atomic mass is 19.1. The van der Waals surface area contributed by atoms with E-state index in [4.69, 9.17) is 4.74 Å². The molecule has 16 heavy (non-hydrogen) atoms. The molecule has 3 nitrogen and oxygen atoms in total. The number of hydrogen-bond donors (Lipinski definition) is 0. The first-order valence-corrected chi connectivity index (χ1v) is 4.89. The van der Waals surface area contributed by atoms with Gasteiger partial charge in [0.15, 0.2) is 0 Å². The van der Waals surface area contributed by atoms with Gasteiger partial charge in [-0.15, -0.1) is 5.10 Å². The van der Waals surface area contributed by atoms with E-state index in [1.54, 1.807) is 30.3 Å². The van der Waals surface area contributed by atoms with E-state index in [2.05, 4.69) is 10.2 Å². The van der Waals surface area contributed by atoms with Crippen molar-refractivity contribution in [1.29, 1.82) is 0 Å². The Bertz CT molecular complexity index is 471. The van der Waals surface area contributed by atoms with Crippen LogP contribution < -0.4 is 4.74 Å². The number of aromatic nitrogens is 2. The highest BCUT2D eigenvalue weighted by Crippen LogP contribution is 2.12. The van der Waals surface area contributed by atoms with Crippen LogP contribution in [-0.2, 0) is 6.42 Å². The Morgan fingerprint density at radius 2 is 1.94 bits per heavy atom. The quantitative estimate of drug-likeness (QED) is 0.792. The van der Waals surface area contributed by atoms with Gasteiger partial charge in [0.1, 0.15) is 5.82 Å². The van der Waals surface area contributed by atoms with Crippen molar-refractivity contribution in [1.82, 2.24) is 10.2 Å². The Morgan fingerprint density at radius 3 is 2.56 bits per heavy atom. The predicted molar refractivity (Wildman–Crippen MR) is 57.8 cm³/mol. The van der Waals surface area contributed by atoms with Crippen molar-refractivity contribution in [3.63, 3.8) is 0 Å². The Morgan fingerprint density at radius 1 is 1.12 bits per heavy atom. The van der Waals surface area contributed by atoms with Crippen LogP contribution in [0.5, 0.6) is 5.88 Å². The number of benzene rings is 1. The van der Waals surface area contributed by atoms with E-state index in [1.807, 2.05) is 0 Å². The highest BCUT2D eigenvalue weighted by molar-refractivity contribution is 5.23. The van der Waals surface area contributed by atoms with Crippen LogP contribution in [0, 0.1) is 5.82 Å². The van der Waals surface area contributed by atoms with Crippen LogP contribution in [0.25, 0.3) is 0 Å². The van der Waals surface area contributed by atoms with Crippen molar-refractivity contribution in [2.75, 3.05) is 7.11 Å². The van der Waals surface area contributed by atoms with Gasteiger partial charge in [-0.05, 0) is 17.7 Å². The third kappa shape index (κ3) is 2.34. The summed E-state index contributed by atoms with van der Waals surface area (Å²) in [6, 6.07) is 10.1. The molecule has 0 aliphatic heterocycles. The van der Waals surface area contributed by atoms with E-state index in [-0.39, 0.29) is 5.82 Å². The minimum absolute atomic E-state index is 0.222. The lowest BCUT2D eigenvalue weighted by molar-refractivity contribution is 0.391. The third-order valence-electron chi connectivity index (χ3n) is 2.23. The Hall–Kier alpha value is -1.97. The van der Waals surface area contributed by atoms with Crippen molar-refractivity contribution >= 4 is 0 Å². The zero-order chi connectivity index (χ0) is 11.4. The molecule has 0 atom stereocenters. The van der Waals surface area contributed by atoms with Crippen molar-refractivity contribution < 1.29 is 9.13 Å². The van der Waals surface area contributed by atoms with E-state index in [9.17, 15) is 4.39 Å². The monoisotopic (exact) mass is 218 g/mol. The zero-order valence-electron chi connectivity index (χ0n) is 8.85. The Kier molecular flexibility index (Phi) is 3.10.